The molecule has 0 aliphatic heterocycles. The van der Waals surface area contributed by atoms with Crippen LogP contribution >= 0.6 is 0 Å². The highest BCUT2D eigenvalue weighted by molar-refractivity contribution is 5.93. The number of nitrogens with two attached hydrogens (primary N) is 2. The SMILES string of the molecule is CCCCCCN[C@@H](CCN)C(=O)C[C@H](C(=O)N[C@@H](CN)C(=O)C(C)C)C(C)O. The third-order valence-corrected chi connectivity index (χ3v) is 5.07. The topological polar surface area (TPSA) is 148 Å². The lowest BCUT2D eigenvalue weighted by Crippen LogP contribution is -2.51. The number of aliphatic hydroxyl groups excluding tert-OH is 1. The van der Waals surface area contributed by atoms with E-state index in [4.69, 9.17) is 11.5 Å². The quantitative estimate of drug-likeness (QED) is 0.218. The summed E-state index contributed by atoms with van der Waals surface area (Å²) in [6.07, 6.45) is 3.67. The molecule has 7 N–H and O–H groups in total. The average molecular weight is 415 g/mol. The fourth-order valence-electron chi connectivity index (χ4n) is 3.14. The van der Waals surface area contributed by atoms with Crippen molar-refractivity contribution in [1.29, 1.82) is 0 Å². The van der Waals surface area contributed by atoms with Gasteiger partial charge in [-0.15, -0.1) is 0 Å². The molecule has 8 nitrogen and oxygen atoms in total. The fraction of sp³-hybridized carbons (Fsp3) is 0.857. The number of rotatable bonds is 17. The van der Waals surface area contributed by atoms with Gasteiger partial charge < -0.3 is 27.2 Å². The normalized spacial score (nSPS) is 15.6. The van der Waals surface area contributed by atoms with Crippen molar-refractivity contribution < 1.29 is 19.5 Å². The van der Waals surface area contributed by atoms with Crippen LogP contribution in [0.2, 0.25) is 0 Å². The zero-order chi connectivity index (χ0) is 22.4. The standard InChI is InChI=1S/C21H42N4O4/c1-5-6-7-8-11-24-17(9-10-22)19(27)12-16(15(4)26)21(29)25-18(13-23)20(28)14(2)3/h14-18,24,26H,5-13,22-23H2,1-4H3,(H,25,29)/t15?,16-,17-,18-/m0/s1. The van der Waals surface area contributed by atoms with E-state index in [9.17, 15) is 19.5 Å². The molecule has 0 bridgehead atoms. The molecule has 29 heavy (non-hydrogen) atoms. The van der Waals surface area contributed by atoms with E-state index in [2.05, 4.69) is 17.6 Å². The summed E-state index contributed by atoms with van der Waals surface area (Å²) in [6.45, 7) is 8.10. The van der Waals surface area contributed by atoms with Gasteiger partial charge in [0.2, 0.25) is 5.91 Å². The van der Waals surface area contributed by atoms with Gasteiger partial charge in [0.1, 0.15) is 0 Å². The highest BCUT2D eigenvalue weighted by atomic mass is 16.3. The minimum Gasteiger partial charge on any atom is -0.393 e. The first-order chi connectivity index (χ1) is 13.7. The number of carbonyl (C=O) groups is 3. The lowest BCUT2D eigenvalue weighted by molar-refractivity contribution is -0.136. The molecule has 0 aliphatic carbocycles. The number of ketones is 2. The molecule has 0 fully saturated rings. The van der Waals surface area contributed by atoms with Crippen molar-refractivity contribution in [3.63, 3.8) is 0 Å². The van der Waals surface area contributed by atoms with Crippen molar-refractivity contribution in [2.75, 3.05) is 19.6 Å². The van der Waals surface area contributed by atoms with Gasteiger partial charge in [0.15, 0.2) is 11.6 Å². The minimum absolute atomic E-state index is 0.0294. The van der Waals surface area contributed by atoms with Crippen molar-refractivity contribution in [3.8, 4) is 0 Å². The van der Waals surface area contributed by atoms with Gasteiger partial charge >= 0.3 is 0 Å². The summed E-state index contributed by atoms with van der Waals surface area (Å²) in [5, 5.41) is 15.9. The number of carbonyl (C=O) groups excluding carboxylic acids is 3. The zero-order valence-corrected chi connectivity index (χ0v) is 18.6. The summed E-state index contributed by atoms with van der Waals surface area (Å²) >= 11 is 0. The smallest absolute Gasteiger partial charge is 0.226 e. The van der Waals surface area contributed by atoms with Crippen LogP contribution in [0, 0.1) is 11.8 Å². The Labute approximate surface area is 175 Å². The molecule has 4 atom stereocenters. The first-order valence-corrected chi connectivity index (χ1v) is 10.9. The lowest BCUT2D eigenvalue weighted by Gasteiger charge is -2.25. The molecule has 1 unspecified atom stereocenters. The Morgan fingerprint density at radius 2 is 1.66 bits per heavy atom. The Morgan fingerprint density at radius 3 is 2.14 bits per heavy atom. The van der Waals surface area contributed by atoms with E-state index in [-0.39, 0.29) is 30.4 Å². The molecule has 0 aromatic rings. The van der Waals surface area contributed by atoms with Crippen LogP contribution in [-0.2, 0) is 14.4 Å². The lowest BCUT2D eigenvalue weighted by atomic mass is 9.91. The van der Waals surface area contributed by atoms with Crippen molar-refractivity contribution in [2.24, 2.45) is 23.3 Å². The Kier molecular flexibility index (Phi) is 14.8. The number of hydrogen-bond donors (Lipinski definition) is 5. The minimum atomic E-state index is -1.03. The first-order valence-electron chi connectivity index (χ1n) is 10.9. The van der Waals surface area contributed by atoms with Crippen LogP contribution in [-0.4, -0.2) is 60.4 Å². The molecule has 0 spiro atoms. The molecule has 0 rings (SSSR count). The number of nitrogens with one attached hydrogen (secondary N) is 2. The third-order valence-electron chi connectivity index (χ3n) is 5.07. The molecule has 8 heteroatoms. The van der Waals surface area contributed by atoms with Gasteiger partial charge in [-0.3, -0.25) is 14.4 Å². The van der Waals surface area contributed by atoms with Crippen LogP contribution in [0.4, 0.5) is 0 Å². The Balaban J connectivity index is 4.96. The van der Waals surface area contributed by atoms with Crippen molar-refractivity contribution in [2.45, 2.75) is 84.4 Å². The van der Waals surface area contributed by atoms with Gasteiger partial charge in [0, 0.05) is 18.9 Å². The second kappa shape index (κ2) is 15.5. The molecule has 1 amide bonds. The molecule has 0 aromatic carbocycles. The van der Waals surface area contributed by atoms with Gasteiger partial charge in [-0.2, -0.15) is 0 Å². The van der Waals surface area contributed by atoms with Crippen LogP contribution in [0.3, 0.4) is 0 Å². The second-order valence-corrected chi connectivity index (χ2v) is 8.02. The summed E-state index contributed by atoms with van der Waals surface area (Å²) in [6, 6.07) is -1.27. The molecule has 0 heterocycles. The van der Waals surface area contributed by atoms with Crippen LogP contribution in [0.25, 0.3) is 0 Å². The average Bonchev–Trinajstić information content (AvgIpc) is 2.67. The molecule has 0 saturated heterocycles. The number of aliphatic hydroxyl groups is 1. The Bertz CT molecular complexity index is 497. The number of amides is 1. The summed E-state index contributed by atoms with van der Waals surface area (Å²) in [5.74, 6) is -2.09. The summed E-state index contributed by atoms with van der Waals surface area (Å²) in [5.41, 5.74) is 11.3. The van der Waals surface area contributed by atoms with Gasteiger partial charge in [-0.05, 0) is 32.9 Å². The van der Waals surface area contributed by atoms with Crippen molar-refractivity contribution in [3.05, 3.63) is 0 Å². The zero-order valence-electron chi connectivity index (χ0n) is 18.6. The third kappa shape index (κ3) is 10.8. The predicted molar refractivity (Wildman–Crippen MR) is 115 cm³/mol. The first kappa shape index (κ1) is 27.6. The molecule has 0 aliphatic rings. The number of Topliss-reactive ketones (excluding diaryl/α,β-unsaturated/α-hetero) is 2. The maximum atomic E-state index is 12.8. The Morgan fingerprint density at radius 1 is 1.00 bits per heavy atom. The van der Waals surface area contributed by atoms with E-state index in [1.807, 2.05) is 0 Å². The van der Waals surface area contributed by atoms with E-state index in [0.29, 0.717) is 19.5 Å². The Hall–Kier alpha value is -1.35. The summed E-state index contributed by atoms with van der Waals surface area (Å²) < 4.78 is 0. The number of unbranched alkanes of at least 4 members (excludes halogenated alkanes) is 3. The molecule has 170 valence electrons. The summed E-state index contributed by atoms with van der Waals surface area (Å²) in [7, 11) is 0. The van der Waals surface area contributed by atoms with Gasteiger partial charge in [0.05, 0.1) is 24.1 Å². The van der Waals surface area contributed by atoms with Gasteiger partial charge in [0.25, 0.3) is 0 Å². The largest absolute Gasteiger partial charge is 0.393 e. The van der Waals surface area contributed by atoms with E-state index in [0.717, 1.165) is 25.7 Å². The fourth-order valence-corrected chi connectivity index (χ4v) is 3.14. The molecule has 0 saturated carbocycles. The predicted octanol–water partition coefficient (Wildman–Crippen LogP) is 0.499. The van der Waals surface area contributed by atoms with E-state index < -0.39 is 30.0 Å². The van der Waals surface area contributed by atoms with Crippen LogP contribution < -0.4 is 22.1 Å². The van der Waals surface area contributed by atoms with Crippen LogP contribution in [0.15, 0.2) is 0 Å². The van der Waals surface area contributed by atoms with E-state index >= 15 is 0 Å². The molecular weight excluding hydrogens is 372 g/mol. The summed E-state index contributed by atoms with van der Waals surface area (Å²) in [4.78, 5) is 37.6. The van der Waals surface area contributed by atoms with Gasteiger partial charge in [-0.25, -0.2) is 0 Å². The van der Waals surface area contributed by atoms with Crippen LogP contribution in [0.1, 0.15) is 66.2 Å². The second-order valence-electron chi connectivity index (χ2n) is 8.02. The van der Waals surface area contributed by atoms with Crippen molar-refractivity contribution in [1.82, 2.24) is 10.6 Å². The molecule has 0 radical (unpaired) electrons. The van der Waals surface area contributed by atoms with Gasteiger partial charge in [-0.1, -0.05) is 40.0 Å². The number of hydrogen-bond acceptors (Lipinski definition) is 7. The maximum Gasteiger partial charge on any atom is 0.226 e. The van der Waals surface area contributed by atoms with E-state index in [1.54, 1.807) is 13.8 Å². The monoisotopic (exact) mass is 414 g/mol. The molecule has 0 aromatic heterocycles. The highest BCUT2D eigenvalue weighted by Crippen LogP contribution is 2.14. The van der Waals surface area contributed by atoms with Crippen LogP contribution in [0.5, 0.6) is 0 Å². The van der Waals surface area contributed by atoms with E-state index in [1.165, 1.54) is 6.92 Å². The molecular formula is C21H42N4O4. The highest BCUT2D eigenvalue weighted by Gasteiger charge is 2.32. The maximum absolute atomic E-state index is 12.8. The van der Waals surface area contributed by atoms with Crippen molar-refractivity contribution >= 4 is 17.5 Å².